The third-order valence-electron chi connectivity index (χ3n) is 2.56. The largest absolute Gasteiger partial charge is 0.374 e. The molecule has 2 aromatic rings. The van der Waals surface area contributed by atoms with Crippen molar-refractivity contribution in [1.82, 2.24) is 4.98 Å². The lowest BCUT2D eigenvalue weighted by Gasteiger charge is -2.01. The van der Waals surface area contributed by atoms with Crippen molar-refractivity contribution in [3.8, 4) is 0 Å². The van der Waals surface area contributed by atoms with Gasteiger partial charge in [0.25, 0.3) is 0 Å². The molecule has 0 saturated heterocycles. The summed E-state index contributed by atoms with van der Waals surface area (Å²) in [7, 11) is 1.96. The van der Waals surface area contributed by atoms with E-state index in [9.17, 15) is 0 Å². The van der Waals surface area contributed by atoms with Crippen LogP contribution in [0.15, 0.2) is 24.3 Å². The average molecular weight is 188 g/mol. The van der Waals surface area contributed by atoms with E-state index in [-0.39, 0.29) is 0 Å². The maximum atomic E-state index is 3.39. The summed E-state index contributed by atoms with van der Waals surface area (Å²) in [6, 6.07) is 8.45. The van der Waals surface area contributed by atoms with Gasteiger partial charge in [-0.3, -0.25) is 0 Å². The monoisotopic (exact) mass is 188 g/mol. The Morgan fingerprint density at radius 3 is 2.79 bits per heavy atom. The number of anilines is 1. The van der Waals surface area contributed by atoms with Gasteiger partial charge in [0.2, 0.25) is 0 Å². The van der Waals surface area contributed by atoms with E-state index in [0.29, 0.717) is 0 Å². The molecule has 1 aromatic heterocycles. The van der Waals surface area contributed by atoms with E-state index < -0.39 is 0 Å². The zero-order valence-electron chi connectivity index (χ0n) is 8.72. The number of hydrogen-bond acceptors (Lipinski definition) is 1. The van der Waals surface area contributed by atoms with Crippen molar-refractivity contribution in [2.45, 2.75) is 19.8 Å². The second-order valence-corrected chi connectivity index (χ2v) is 3.52. The molecule has 1 aromatic carbocycles. The predicted molar refractivity (Wildman–Crippen MR) is 61.8 cm³/mol. The molecule has 0 atom stereocenters. The lowest BCUT2D eigenvalue weighted by molar-refractivity contribution is 0.930. The van der Waals surface area contributed by atoms with E-state index >= 15 is 0 Å². The van der Waals surface area contributed by atoms with Gasteiger partial charge in [0.05, 0.1) is 0 Å². The van der Waals surface area contributed by atoms with Crippen LogP contribution in [0.2, 0.25) is 0 Å². The van der Waals surface area contributed by atoms with Gasteiger partial charge in [-0.05, 0) is 12.5 Å². The van der Waals surface area contributed by atoms with Gasteiger partial charge in [-0.2, -0.15) is 0 Å². The number of hydrogen-bond donors (Lipinski definition) is 2. The number of rotatable bonds is 3. The van der Waals surface area contributed by atoms with E-state index in [1.807, 2.05) is 7.05 Å². The zero-order chi connectivity index (χ0) is 9.97. The number of H-pyrrole nitrogens is 1. The normalized spacial score (nSPS) is 10.7. The Kier molecular flexibility index (Phi) is 2.44. The second-order valence-electron chi connectivity index (χ2n) is 3.52. The first-order chi connectivity index (χ1) is 6.86. The minimum Gasteiger partial charge on any atom is -0.374 e. The molecule has 0 aliphatic heterocycles. The van der Waals surface area contributed by atoms with Crippen molar-refractivity contribution in [2.75, 3.05) is 12.4 Å². The van der Waals surface area contributed by atoms with Gasteiger partial charge in [0.1, 0.15) is 5.82 Å². The highest BCUT2D eigenvalue weighted by atomic mass is 15.0. The Labute approximate surface area is 84.3 Å². The fraction of sp³-hybridized carbons (Fsp3) is 0.333. The molecule has 1 heterocycles. The van der Waals surface area contributed by atoms with Crippen LogP contribution < -0.4 is 5.32 Å². The van der Waals surface area contributed by atoms with Gasteiger partial charge in [-0.1, -0.05) is 31.5 Å². The lowest BCUT2D eigenvalue weighted by Crippen LogP contribution is -1.92. The number of nitrogens with one attached hydrogen (secondary N) is 2. The Morgan fingerprint density at radius 2 is 2.07 bits per heavy atom. The number of fused-ring (bicyclic) bond motifs is 1. The summed E-state index contributed by atoms with van der Waals surface area (Å²) in [5.41, 5.74) is 2.63. The Morgan fingerprint density at radius 1 is 1.29 bits per heavy atom. The first-order valence-corrected chi connectivity index (χ1v) is 5.14. The van der Waals surface area contributed by atoms with Crippen molar-refractivity contribution in [3.63, 3.8) is 0 Å². The summed E-state index contributed by atoms with van der Waals surface area (Å²) in [6.07, 6.45) is 2.30. The summed E-state index contributed by atoms with van der Waals surface area (Å²) in [6.45, 7) is 2.21. The van der Waals surface area contributed by atoms with Crippen LogP contribution in [-0.2, 0) is 6.42 Å². The minimum absolute atomic E-state index is 1.13. The van der Waals surface area contributed by atoms with Crippen LogP contribution in [0.1, 0.15) is 18.9 Å². The third kappa shape index (κ3) is 1.37. The summed E-state index contributed by atoms with van der Waals surface area (Å²) in [5.74, 6) is 1.16. The summed E-state index contributed by atoms with van der Waals surface area (Å²) < 4.78 is 0. The van der Waals surface area contributed by atoms with Crippen molar-refractivity contribution >= 4 is 16.7 Å². The number of aromatic amines is 1. The third-order valence-corrected chi connectivity index (χ3v) is 2.56. The first kappa shape index (κ1) is 9.13. The zero-order valence-corrected chi connectivity index (χ0v) is 8.72. The van der Waals surface area contributed by atoms with E-state index in [0.717, 1.165) is 12.2 Å². The van der Waals surface area contributed by atoms with Gasteiger partial charge in [-0.15, -0.1) is 0 Å². The number of benzene rings is 1. The summed E-state index contributed by atoms with van der Waals surface area (Å²) in [5, 5.41) is 4.56. The molecule has 2 heteroatoms. The highest BCUT2D eigenvalue weighted by Gasteiger charge is 2.07. The van der Waals surface area contributed by atoms with Gasteiger partial charge >= 0.3 is 0 Å². The highest BCUT2D eigenvalue weighted by Crippen LogP contribution is 2.26. The molecule has 2 rings (SSSR count). The van der Waals surface area contributed by atoms with E-state index in [1.165, 1.54) is 22.9 Å². The fourth-order valence-electron chi connectivity index (χ4n) is 1.92. The first-order valence-electron chi connectivity index (χ1n) is 5.14. The molecule has 0 saturated carbocycles. The van der Waals surface area contributed by atoms with Crippen LogP contribution >= 0.6 is 0 Å². The quantitative estimate of drug-likeness (QED) is 0.760. The van der Waals surface area contributed by atoms with Gasteiger partial charge in [0, 0.05) is 23.5 Å². The van der Waals surface area contributed by atoms with Gasteiger partial charge in [0.15, 0.2) is 0 Å². The molecule has 0 unspecified atom stereocenters. The van der Waals surface area contributed by atoms with Crippen molar-refractivity contribution in [2.24, 2.45) is 0 Å². The van der Waals surface area contributed by atoms with Crippen LogP contribution in [0.4, 0.5) is 5.82 Å². The molecule has 74 valence electrons. The summed E-state index contributed by atoms with van der Waals surface area (Å²) >= 11 is 0. The molecule has 0 radical (unpaired) electrons. The fourth-order valence-corrected chi connectivity index (χ4v) is 1.92. The SMILES string of the molecule is CCCc1c(NC)[nH]c2ccccc12. The topological polar surface area (TPSA) is 27.8 Å². The molecule has 0 bridgehead atoms. The van der Waals surface area contributed by atoms with Crippen molar-refractivity contribution in [3.05, 3.63) is 29.8 Å². The van der Waals surface area contributed by atoms with Crippen molar-refractivity contribution in [1.29, 1.82) is 0 Å². The molecule has 0 aliphatic rings. The maximum absolute atomic E-state index is 3.39. The molecule has 0 amide bonds. The standard InChI is InChI=1S/C12H16N2/c1-3-6-10-9-7-4-5-8-11(9)14-12(10)13-2/h4-5,7-8,13-14H,3,6H2,1-2H3. The Balaban J connectivity index is 2.61. The van der Waals surface area contributed by atoms with Crippen molar-refractivity contribution < 1.29 is 0 Å². The average Bonchev–Trinajstić information content (AvgIpc) is 2.58. The van der Waals surface area contributed by atoms with E-state index in [4.69, 9.17) is 0 Å². The van der Waals surface area contributed by atoms with Crippen LogP contribution in [-0.4, -0.2) is 12.0 Å². The molecule has 0 aliphatic carbocycles. The molecular weight excluding hydrogens is 172 g/mol. The van der Waals surface area contributed by atoms with Crippen LogP contribution in [0.25, 0.3) is 10.9 Å². The van der Waals surface area contributed by atoms with Crippen LogP contribution in [0, 0.1) is 0 Å². The highest BCUT2D eigenvalue weighted by molar-refractivity contribution is 5.88. The van der Waals surface area contributed by atoms with E-state index in [1.54, 1.807) is 0 Å². The van der Waals surface area contributed by atoms with Crippen LogP contribution in [0.5, 0.6) is 0 Å². The molecule has 0 fully saturated rings. The number of para-hydroxylation sites is 1. The maximum Gasteiger partial charge on any atom is 0.107 e. The Hall–Kier alpha value is -1.44. The number of aryl methyl sites for hydroxylation is 1. The number of aromatic nitrogens is 1. The molecule has 2 N–H and O–H groups in total. The minimum atomic E-state index is 1.13. The van der Waals surface area contributed by atoms with Gasteiger partial charge in [-0.25, -0.2) is 0 Å². The van der Waals surface area contributed by atoms with Gasteiger partial charge < -0.3 is 10.3 Å². The van der Waals surface area contributed by atoms with E-state index in [2.05, 4.69) is 41.5 Å². The van der Waals surface area contributed by atoms with Crippen LogP contribution in [0.3, 0.4) is 0 Å². The molecular formula is C12H16N2. The second kappa shape index (κ2) is 3.74. The summed E-state index contributed by atoms with van der Waals surface area (Å²) in [4.78, 5) is 3.39. The predicted octanol–water partition coefficient (Wildman–Crippen LogP) is 3.16. The molecule has 2 nitrogen and oxygen atoms in total. The molecule has 0 spiro atoms. The molecule has 14 heavy (non-hydrogen) atoms. The Bertz CT molecular complexity index is 429. The smallest absolute Gasteiger partial charge is 0.107 e. The lowest BCUT2D eigenvalue weighted by atomic mass is 10.1.